The second-order valence-electron chi connectivity index (χ2n) is 6.03. The quantitative estimate of drug-likeness (QED) is 0.284. The number of aryl methyl sites for hydroxylation is 1. The minimum Gasteiger partial charge on any atom is -0.356 e. The zero-order valence-electron chi connectivity index (χ0n) is 15.3. The van der Waals surface area contributed by atoms with Crippen LogP contribution in [0.4, 0.5) is 0 Å². The Morgan fingerprint density at radius 2 is 2.11 bits per heavy atom. The smallest absolute Gasteiger partial charge is 0.263 e. The number of thiophene rings is 1. The van der Waals surface area contributed by atoms with E-state index in [0.29, 0.717) is 29.4 Å². The van der Waals surface area contributed by atoms with E-state index in [9.17, 15) is 9.59 Å². The van der Waals surface area contributed by atoms with Crippen LogP contribution in [-0.4, -0.2) is 27.8 Å². The number of carbonyl (C=O) groups is 1. The minimum atomic E-state index is -0.0659. The van der Waals surface area contributed by atoms with Crippen LogP contribution in [0.3, 0.4) is 0 Å². The number of benzene rings is 1. The van der Waals surface area contributed by atoms with Gasteiger partial charge in [-0.05, 0) is 18.1 Å². The van der Waals surface area contributed by atoms with Crippen molar-refractivity contribution in [2.45, 2.75) is 25.5 Å². The third kappa shape index (κ3) is 4.14. The molecule has 1 N–H and O–H groups in total. The van der Waals surface area contributed by atoms with Crippen LogP contribution in [0.2, 0.25) is 0 Å². The molecule has 5 nitrogen and oxygen atoms in total. The fourth-order valence-corrected chi connectivity index (χ4v) is 4.92. The Morgan fingerprint density at radius 3 is 2.78 bits per heavy atom. The summed E-state index contributed by atoms with van der Waals surface area (Å²) in [5.74, 6) is 0.578. The average Bonchev–Trinajstić information content (AvgIpc) is 2.99. The van der Waals surface area contributed by atoms with Gasteiger partial charge in [0.15, 0.2) is 5.16 Å². The average molecular weight is 400 g/mol. The summed E-state index contributed by atoms with van der Waals surface area (Å²) in [5, 5.41) is 4.09. The van der Waals surface area contributed by atoms with E-state index < -0.39 is 0 Å². The van der Waals surface area contributed by atoms with Crippen LogP contribution in [0.15, 0.2) is 52.9 Å². The van der Waals surface area contributed by atoms with Gasteiger partial charge in [-0.2, -0.15) is 0 Å². The van der Waals surface area contributed by atoms with Crippen LogP contribution in [0.1, 0.15) is 12.5 Å². The molecule has 0 unspecified atom stereocenters. The van der Waals surface area contributed by atoms with Crippen LogP contribution in [-0.2, 0) is 11.3 Å². The molecule has 0 aliphatic rings. The van der Waals surface area contributed by atoms with Crippen LogP contribution >= 0.6 is 23.1 Å². The molecule has 0 saturated carbocycles. The predicted molar refractivity (Wildman–Crippen MR) is 114 cm³/mol. The Balaban J connectivity index is 2.05. The second-order valence-corrected chi connectivity index (χ2v) is 8.09. The molecule has 0 bridgehead atoms. The molecule has 27 heavy (non-hydrogen) atoms. The zero-order valence-corrected chi connectivity index (χ0v) is 17.0. The number of hydrogen-bond donors (Lipinski definition) is 1. The number of aromatic nitrogens is 2. The Labute approximate surface area is 166 Å². The number of rotatable bonds is 7. The molecule has 0 atom stereocenters. The van der Waals surface area contributed by atoms with E-state index in [2.05, 4.69) is 11.9 Å². The maximum absolute atomic E-state index is 13.1. The number of fused-ring (bicyclic) bond motifs is 1. The highest BCUT2D eigenvalue weighted by Crippen LogP contribution is 2.36. The fourth-order valence-electron chi connectivity index (χ4n) is 2.83. The summed E-state index contributed by atoms with van der Waals surface area (Å²) in [6.07, 6.45) is 1.70. The number of nitrogens with zero attached hydrogens (tertiary/aromatic N) is 2. The number of amides is 1. The van der Waals surface area contributed by atoms with Crippen molar-refractivity contribution in [3.63, 3.8) is 0 Å². The fraction of sp³-hybridized carbons (Fsp3) is 0.250. The van der Waals surface area contributed by atoms with Crippen LogP contribution in [0, 0.1) is 6.92 Å². The standard InChI is InChI=1S/C20H21N3O2S2/c1-4-11-23-19(25)16-13(2)17(15-8-6-5-7-9-15)27-18(16)22-20(23)26-12-10-21-14(3)24/h4-9H,1,10-12H2,2-3H3,(H,21,24). The molecule has 3 aromatic rings. The molecule has 2 aromatic heterocycles. The highest BCUT2D eigenvalue weighted by Gasteiger charge is 2.18. The van der Waals surface area contributed by atoms with Gasteiger partial charge in [-0.3, -0.25) is 14.2 Å². The van der Waals surface area contributed by atoms with Crippen LogP contribution < -0.4 is 10.9 Å². The van der Waals surface area contributed by atoms with E-state index >= 15 is 0 Å². The van der Waals surface area contributed by atoms with Gasteiger partial charge in [-0.1, -0.05) is 48.2 Å². The molecule has 7 heteroatoms. The van der Waals surface area contributed by atoms with E-state index in [1.165, 1.54) is 18.7 Å². The maximum Gasteiger partial charge on any atom is 0.263 e. The van der Waals surface area contributed by atoms with E-state index in [0.717, 1.165) is 20.8 Å². The second kappa shape index (κ2) is 8.54. The van der Waals surface area contributed by atoms with Crippen molar-refractivity contribution in [3.8, 4) is 10.4 Å². The topological polar surface area (TPSA) is 64.0 Å². The summed E-state index contributed by atoms with van der Waals surface area (Å²) in [7, 11) is 0. The molecule has 140 valence electrons. The van der Waals surface area contributed by atoms with Gasteiger partial charge in [0.05, 0.1) is 5.39 Å². The number of thioether (sulfide) groups is 1. The van der Waals surface area contributed by atoms with E-state index in [4.69, 9.17) is 4.98 Å². The molecule has 0 aliphatic heterocycles. The lowest BCUT2D eigenvalue weighted by Crippen LogP contribution is -2.25. The number of carbonyl (C=O) groups excluding carboxylic acids is 1. The zero-order chi connectivity index (χ0) is 19.4. The van der Waals surface area contributed by atoms with Gasteiger partial charge in [-0.15, -0.1) is 17.9 Å². The first-order valence-electron chi connectivity index (χ1n) is 8.60. The number of allylic oxidation sites excluding steroid dienone is 1. The summed E-state index contributed by atoms with van der Waals surface area (Å²) >= 11 is 3.01. The monoisotopic (exact) mass is 399 g/mol. The molecule has 2 heterocycles. The van der Waals surface area contributed by atoms with Gasteiger partial charge in [-0.25, -0.2) is 4.98 Å². The lowest BCUT2D eigenvalue weighted by atomic mass is 10.1. The van der Waals surface area contributed by atoms with Gasteiger partial charge >= 0.3 is 0 Å². The molecule has 1 amide bonds. The summed E-state index contributed by atoms with van der Waals surface area (Å²) in [5.41, 5.74) is 2.01. The predicted octanol–water partition coefficient (Wildman–Crippen LogP) is 3.85. The largest absolute Gasteiger partial charge is 0.356 e. The first-order chi connectivity index (χ1) is 13.0. The Bertz CT molecular complexity index is 1040. The van der Waals surface area contributed by atoms with Gasteiger partial charge < -0.3 is 5.32 Å². The first-order valence-corrected chi connectivity index (χ1v) is 10.4. The molecular weight excluding hydrogens is 378 g/mol. The van der Waals surface area contributed by atoms with Crippen molar-refractivity contribution in [2.24, 2.45) is 0 Å². The van der Waals surface area contributed by atoms with E-state index in [1.807, 2.05) is 37.3 Å². The van der Waals surface area contributed by atoms with Crippen molar-refractivity contribution >= 4 is 39.2 Å². The van der Waals surface area contributed by atoms with Gasteiger partial charge in [0.2, 0.25) is 5.91 Å². The normalized spacial score (nSPS) is 10.9. The highest BCUT2D eigenvalue weighted by atomic mass is 32.2. The maximum atomic E-state index is 13.1. The van der Waals surface area contributed by atoms with Crippen LogP contribution in [0.25, 0.3) is 20.7 Å². The molecule has 0 spiro atoms. The van der Waals surface area contributed by atoms with Gasteiger partial charge in [0.1, 0.15) is 4.83 Å². The molecule has 0 saturated heterocycles. The Hall–Kier alpha value is -2.38. The SMILES string of the molecule is C=CCn1c(SCCNC(C)=O)nc2sc(-c3ccccc3)c(C)c2c1=O. The van der Waals surface area contributed by atoms with Gasteiger partial charge in [0.25, 0.3) is 5.56 Å². The summed E-state index contributed by atoms with van der Waals surface area (Å²) in [6.45, 7) is 8.16. The lowest BCUT2D eigenvalue weighted by Gasteiger charge is -2.10. The molecule has 0 aliphatic carbocycles. The van der Waals surface area contributed by atoms with Crippen molar-refractivity contribution in [3.05, 3.63) is 58.9 Å². The third-order valence-electron chi connectivity index (χ3n) is 4.07. The van der Waals surface area contributed by atoms with Crippen molar-refractivity contribution < 1.29 is 4.79 Å². The lowest BCUT2D eigenvalue weighted by molar-refractivity contribution is -0.118. The van der Waals surface area contributed by atoms with Crippen molar-refractivity contribution in [1.82, 2.24) is 14.9 Å². The Morgan fingerprint density at radius 1 is 1.37 bits per heavy atom. The summed E-state index contributed by atoms with van der Waals surface area (Å²) in [6, 6.07) is 10.1. The van der Waals surface area contributed by atoms with Crippen molar-refractivity contribution in [2.75, 3.05) is 12.3 Å². The van der Waals surface area contributed by atoms with Crippen LogP contribution in [0.5, 0.6) is 0 Å². The van der Waals surface area contributed by atoms with Gasteiger partial charge in [0, 0.05) is 30.6 Å². The third-order valence-corrected chi connectivity index (χ3v) is 6.28. The number of nitrogens with one attached hydrogen (secondary N) is 1. The first kappa shape index (κ1) is 19.4. The molecule has 3 rings (SSSR count). The van der Waals surface area contributed by atoms with E-state index in [1.54, 1.807) is 22.0 Å². The summed E-state index contributed by atoms with van der Waals surface area (Å²) < 4.78 is 1.66. The minimum absolute atomic E-state index is 0.0436. The molecule has 0 radical (unpaired) electrons. The number of hydrogen-bond acceptors (Lipinski definition) is 5. The van der Waals surface area contributed by atoms with E-state index in [-0.39, 0.29) is 11.5 Å². The molecule has 0 fully saturated rings. The highest BCUT2D eigenvalue weighted by molar-refractivity contribution is 7.99. The summed E-state index contributed by atoms with van der Waals surface area (Å²) in [4.78, 5) is 30.8. The molecular formula is C20H21N3O2S2. The Kier molecular flexibility index (Phi) is 6.13. The molecule has 1 aromatic carbocycles. The van der Waals surface area contributed by atoms with Crippen molar-refractivity contribution in [1.29, 1.82) is 0 Å².